The third kappa shape index (κ3) is 2.47. The van der Waals surface area contributed by atoms with Crippen LogP contribution in [0.2, 0.25) is 0 Å². The van der Waals surface area contributed by atoms with Gasteiger partial charge in [-0.25, -0.2) is 4.79 Å². The normalized spacial score (nSPS) is 25.2. The standard InChI is InChI=1S/C16H23NO3/c1-4-12-8-7-11-16(12,15(18)20-3)17-13-9-5-6-10-14(13)19-2/h5-6,9-10,12,17H,4,7-8,11H2,1-3H3. The van der Waals surface area contributed by atoms with E-state index < -0.39 is 5.54 Å². The highest BCUT2D eigenvalue weighted by atomic mass is 16.5. The number of benzene rings is 1. The summed E-state index contributed by atoms with van der Waals surface area (Å²) in [6.45, 7) is 2.12. The maximum absolute atomic E-state index is 12.4. The Morgan fingerprint density at radius 3 is 2.80 bits per heavy atom. The minimum atomic E-state index is -0.627. The molecule has 0 radical (unpaired) electrons. The molecule has 1 aromatic rings. The number of methoxy groups -OCH3 is 2. The molecular formula is C16H23NO3. The fourth-order valence-electron chi connectivity index (χ4n) is 3.29. The van der Waals surface area contributed by atoms with E-state index >= 15 is 0 Å². The number of ether oxygens (including phenoxy) is 2. The molecule has 2 atom stereocenters. The molecule has 1 aliphatic rings. The lowest BCUT2D eigenvalue weighted by Gasteiger charge is -2.34. The summed E-state index contributed by atoms with van der Waals surface area (Å²) in [4.78, 5) is 12.4. The largest absolute Gasteiger partial charge is 0.495 e. The lowest BCUT2D eigenvalue weighted by atomic mass is 9.84. The van der Waals surface area contributed by atoms with Gasteiger partial charge in [0.1, 0.15) is 11.3 Å². The van der Waals surface area contributed by atoms with Crippen LogP contribution in [0.1, 0.15) is 32.6 Å². The van der Waals surface area contributed by atoms with Crippen molar-refractivity contribution in [3.8, 4) is 5.75 Å². The Labute approximate surface area is 120 Å². The smallest absolute Gasteiger partial charge is 0.331 e. The van der Waals surface area contributed by atoms with E-state index in [2.05, 4.69) is 12.2 Å². The van der Waals surface area contributed by atoms with Crippen LogP contribution in [0, 0.1) is 5.92 Å². The maximum atomic E-state index is 12.4. The molecule has 1 N–H and O–H groups in total. The molecule has 0 heterocycles. The molecule has 0 saturated heterocycles. The van der Waals surface area contributed by atoms with E-state index in [9.17, 15) is 4.79 Å². The molecule has 1 fully saturated rings. The van der Waals surface area contributed by atoms with Crippen LogP contribution >= 0.6 is 0 Å². The number of esters is 1. The molecular weight excluding hydrogens is 254 g/mol. The van der Waals surface area contributed by atoms with Gasteiger partial charge in [-0.3, -0.25) is 0 Å². The van der Waals surface area contributed by atoms with Crippen molar-refractivity contribution < 1.29 is 14.3 Å². The van der Waals surface area contributed by atoms with Crippen molar-refractivity contribution >= 4 is 11.7 Å². The highest BCUT2D eigenvalue weighted by Crippen LogP contribution is 2.42. The van der Waals surface area contributed by atoms with Crippen LogP contribution in [0.4, 0.5) is 5.69 Å². The topological polar surface area (TPSA) is 47.6 Å². The van der Waals surface area contributed by atoms with Crippen molar-refractivity contribution in [2.45, 2.75) is 38.1 Å². The zero-order valence-corrected chi connectivity index (χ0v) is 12.4. The summed E-state index contributed by atoms with van der Waals surface area (Å²) in [5.41, 5.74) is 0.221. The molecule has 4 nitrogen and oxygen atoms in total. The average molecular weight is 277 g/mol. The Kier molecular flexibility index (Phi) is 4.53. The highest BCUT2D eigenvalue weighted by molar-refractivity contribution is 5.86. The van der Waals surface area contributed by atoms with E-state index in [1.54, 1.807) is 7.11 Å². The zero-order valence-electron chi connectivity index (χ0n) is 12.4. The fourth-order valence-corrected chi connectivity index (χ4v) is 3.29. The molecule has 1 saturated carbocycles. The van der Waals surface area contributed by atoms with Crippen molar-refractivity contribution in [3.05, 3.63) is 24.3 Å². The first-order valence-electron chi connectivity index (χ1n) is 7.17. The van der Waals surface area contributed by atoms with Crippen molar-refractivity contribution in [2.75, 3.05) is 19.5 Å². The predicted molar refractivity (Wildman–Crippen MR) is 79.0 cm³/mol. The minimum absolute atomic E-state index is 0.173. The van der Waals surface area contributed by atoms with Crippen LogP contribution in [0.25, 0.3) is 0 Å². The first-order chi connectivity index (χ1) is 9.67. The van der Waals surface area contributed by atoms with Gasteiger partial charge in [-0.15, -0.1) is 0 Å². The quantitative estimate of drug-likeness (QED) is 0.839. The fraction of sp³-hybridized carbons (Fsp3) is 0.562. The first-order valence-corrected chi connectivity index (χ1v) is 7.17. The number of para-hydroxylation sites is 2. The summed E-state index contributed by atoms with van der Waals surface area (Å²) >= 11 is 0. The molecule has 4 heteroatoms. The van der Waals surface area contributed by atoms with E-state index in [1.165, 1.54) is 7.11 Å². The summed E-state index contributed by atoms with van der Waals surface area (Å²) in [5, 5.41) is 3.43. The molecule has 1 aliphatic carbocycles. The van der Waals surface area contributed by atoms with Gasteiger partial charge in [0.05, 0.1) is 19.9 Å². The summed E-state index contributed by atoms with van der Waals surface area (Å²) in [7, 11) is 3.09. The Hall–Kier alpha value is -1.71. The molecule has 0 aromatic heterocycles. The van der Waals surface area contributed by atoms with Crippen LogP contribution < -0.4 is 10.1 Å². The molecule has 2 unspecified atom stereocenters. The van der Waals surface area contributed by atoms with Crippen LogP contribution in [0.5, 0.6) is 5.75 Å². The van der Waals surface area contributed by atoms with Gasteiger partial charge >= 0.3 is 5.97 Å². The molecule has 0 bridgehead atoms. The van der Waals surface area contributed by atoms with Gasteiger partial charge in [-0.1, -0.05) is 31.9 Å². The average Bonchev–Trinajstić information content (AvgIpc) is 2.90. The number of carbonyl (C=O) groups excluding carboxylic acids is 1. The van der Waals surface area contributed by atoms with Crippen molar-refractivity contribution in [2.24, 2.45) is 5.92 Å². The minimum Gasteiger partial charge on any atom is -0.495 e. The van der Waals surface area contributed by atoms with Gasteiger partial charge in [0.2, 0.25) is 0 Å². The maximum Gasteiger partial charge on any atom is 0.331 e. The van der Waals surface area contributed by atoms with E-state index in [4.69, 9.17) is 9.47 Å². The van der Waals surface area contributed by atoms with E-state index in [0.717, 1.165) is 37.1 Å². The monoisotopic (exact) mass is 277 g/mol. The van der Waals surface area contributed by atoms with Gasteiger partial charge in [-0.05, 0) is 30.9 Å². The van der Waals surface area contributed by atoms with Gasteiger partial charge < -0.3 is 14.8 Å². The first kappa shape index (κ1) is 14.7. The van der Waals surface area contributed by atoms with Gasteiger partial charge in [0, 0.05) is 0 Å². The predicted octanol–water partition coefficient (Wildman–Crippen LogP) is 3.23. The second-order valence-electron chi connectivity index (χ2n) is 5.29. The zero-order chi connectivity index (χ0) is 14.6. The Morgan fingerprint density at radius 1 is 1.40 bits per heavy atom. The number of carbonyl (C=O) groups is 1. The molecule has 2 rings (SSSR count). The molecule has 110 valence electrons. The van der Waals surface area contributed by atoms with Crippen LogP contribution in [-0.2, 0) is 9.53 Å². The molecule has 1 aromatic carbocycles. The van der Waals surface area contributed by atoms with E-state index in [1.807, 2.05) is 24.3 Å². The number of nitrogens with one attached hydrogen (secondary N) is 1. The Balaban J connectivity index is 2.36. The number of anilines is 1. The van der Waals surface area contributed by atoms with Crippen molar-refractivity contribution in [1.82, 2.24) is 0 Å². The van der Waals surface area contributed by atoms with Gasteiger partial charge in [0.25, 0.3) is 0 Å². The summed E-state index contributed by atoms with van der Waals surface area (Å²) in [5.74, 6) is 0.866. The molecule has 0 aliphatic heterocycles. The number of rotatable bonds is 5. The third-order valence-electron chi connectivity index (χ3n) is 4.33. The van der Waals surface area contributed by atoms with Crippen LogP contribution in [0.15, 0.2) is 24.3 Å². The highest BCUT2D eigenvalue weighted by Gasteiger charge is 2.49. The number of hydrogen-bond acceptors (Lipinski definition) is 4. The third-order valence-corrected chi connectivity index (χ3v) is 4.33. The second-order valence-corrected chi connectivity index (χ2v) is 5.29. The Bertz CT molecular complexity index is 475. The lowest BCUT2D eigenvalue weighted by molar-refractivity contribution is -0.147. The van der Waals surface area contributed by atoms with Crippen molar-refractivity contribution in [3.63, 3.8) is 0 Å². The van der Waals surface area contributed by atoms with Gasteiger partial charge in [-0.2, -0.15) is 0 Å². The SMILES string of the molecule is CCC1CCCC1(Nc1ccccc1OC)C(=O)OC. The molecule has 0 amide bonds. The van der Waals surface area contributed by atoms with Crippen LogP contribution in [0.3, 0.4) is 0 Å². The van der Waals surface area contributed by atoms with E-state index in [-0.39, 0.29) is 5.97 Å². The molecule has 20 heavy (non-hydrogen) atoms. The summed E-state index contributed by atoms with van der Waals surface area (Å²) < 4.78 is 10.4. The van der Waals surface area contributed by atoms with Crippen LogP contribution in [-0.4, -0.2) is 25.7 Å². The van der Waals surface area contributed by atoms with Gasteiger partial charge in [0.15, 0.2) is 0 Å². The number of hydrogen-bond donors (Lipinski definition) is 1. The van der Waals surface area contributed by atoms with E-state index in [0.29, 0.717) is 5.92 Å². The van der Waals surface area contributed by atoms with Crippen molar-refractivity contribution in [1.29, 1.82) is 0 Å². The summed E-state index contributed by atoms with van der Waals surface area (Å²) in [6.07, 6.45) is 3.84. The lowest BCUT2D eigenvalue weighted by Crippen LogP contribution is -2.50. The Morgan fingerprint density at radius 2 is 2.15 bits per heavy atom. The second kappa shape index (κ2) is 6.16. The summed E-state index contributed by atoms with van der Waals surface area (Å²) in [6, 6.07) is 7.68. The molecule has 0 spiro atoms.